The van der Waals surface area contributed by atoms with Gasteiger partial charge in [0.15, 0.2) is 5.76 Å². The van der Waals surface area contributed by atoms with E-state index in [1.54, 1.807) is 12.1 Å². The summed E-state index contributed by atoms with van der Waals surface area (Å²) in [5.41, 5.74) is -0.261. The average molecular weight is 283 g/mol. The molecule has 0 spiro atoms. The Labute approximate surface area is 111 Å². The molecule has 0 saturated heterocycles. The first kappa shape index (κ1) is 12.4. The number of carbonyl (C=O) groups is 1. The standard InChI is InChI=1S/C11H4Cl2N2O3/c12-5-1-2-6(8(13)3-5)10-7(4-14)9(11(16)17)15-18-10/h1-3H,(H,16,17). The van der Waals surface area contributed by atoms with Gasteiger partial charge in [0, 0.05) is 10.6 Å². The van der Waals surface area contributed by atoms with Gasteiger partial charge in [-0.3, -0.25) is 0 Å². The van der Waals surface area contributed by atoms with Gasteiger partial charge in [-0.1, -0.05) is 28.4 Å². The third-order valence-electron chi connectivity index (χ3n) is 2.18. The van der Waals surface area contributed by atoms with Gasteiger partial charge < -0.3 is 9.63 Å². The number of benzene rings is 1. The van der Waals surface area contributed by atoms with E-state index in [1.807, 2.05) is 0 Å². The highest BCUT2D eigenvalue weighted by atomic mass is 35.5. The molecule has 0 saturated carbocycles. The first-order valence-corrected chi connectivity index (χ1v) is 5.38. The van der Waals surface area contributed by atoms with Crippen LogP contribution in [0, 0.1) is 11.3 Å². The zero-order valence-corrected chi connectivity index (χ0v) is 10.2. The van der Waals surface area contributed by atoms with Crippen molar-refractivity contribution in [2.75, 3.05) is 0 Å². The molecule has 0 unspecified atom stereocenters. The smallest absolute Gasteiger partial charge is 0.359 e. The number of hydrogen-bond donors (Lipinski definition) is 1. The Morgan fingerprint density at radius 3 is 2.72 bits per heavy atom. The second-order valence-corrected chi connectivity index (χ2v) is 4.12. The maximum atomic E-state index is 10.8. The van der Waals surface area contributed by atoms with Crippen LogP contribution in [0.5, 0.6) is 0 Å². The van der Waals surface area contributed by atoms with Crippen molar-refractivity contribution < 1.29 is 14.4 Å². The van der Waals surface area contributed by atoms with E-state index in [0.717, 1.165) is 0 Å². The van der Waals surface area contributed by atoms with Crippen LogP contribution in [-0.4, -0.2) is 16.2 Å². The Hall–Kier alpha value is -2.03. The van der Waals surface area contributed by atoms with E-state index in [9.17, 15) is 4.79 Å². The highest BCUT2D eigenvalue weighted by Gasteiger charge is 2.23. The van der Waals surface area contributed by atoms with Crippen molar-refractivity contribution in [1.29, 1.82) is 5.26 Å². The van der Waals surface area contributed by atoms with Gasteiger partial charge in [-0.25, -0.2) is 4.79 Å². The summed E-state index contributed by atoms with van der Waals surface area (Å²) in [7, 11) is 0. The molecule has 90 valence electrons. The Morgan fingerprint density at radius 2 is 2.17 bits per heavy atom. The van der Waals surface area contributed by atoms with Crippen molar-refractivity contribution in [3.05, 3.63) is 39.5 Å². The Bertz CT molecular complexity index is 673. The molecule has 2 aromatic rings. The molecule has 5 nitrogen and oxygen atoms in total. The molecule has 18 heavy (non-hydrogen) atoms. The van der Waals surface area contributed by atoms with E-state index >= 15 is 0 Å². The normalized spacial score (nSPS) is 10.1. The number of aromatic carboxylic acids is 1. The number of nitriles is 1. The van der Waals surface area contributed by atoms with E-state index in [4.69, 9.17) is 38.1 Å². The van der Waals surface area contributed by atoms with Gasteiger partial charge >= 0.3 is 5.97 Å². The molecule has 1 aromatic carbocycles. The molecule has 1 N–H and O–H groups in total. The lowest BCUT2D eigenvalue weighted by atomic mass is 10.1. The summed E-state index contributed by atoms with van der Waals surface area (Å²) in [5.74, 6) is -1.33. The molecule has 0 amide bonds. The van der Waals surface area contributed by atoms with Gasteiger partial charge in [-0.05, 0) is 18.2 Å². The molecule has 1 heterocycles. The number of hydrogen-bond acceptors (Lipinski definition) is 4. The fourth-order valence-electron chi connectivity index (χ4n) is 1.40. The maximum Gasteiger partial charge on any atom is 0.359 e. The van der Waals surface area contributed by atoms with Crippen molar-refractivity contribution in [3.63, 3.8) is 0 Å². The SMILES string of the molecule is N#Cc1c(C(=O)O)noc1-c1ccc(Cl)cc1Cl. The minimum Gasteiger partial charge on any atom is -0.476 e. The van der Waals surface area contributed by atoms with E-state index in [1.165, 1.54) is 12.1 Å². The summed E-state index contributed by atoms with van der Waals surface area (Å²) in [6, 6.07) is 6.27. The zero-order valence-electron chi connectivity index (χ0n) is 8.65. The van der Waals surface area contributed by atoms with E-state index in [-0.39, 0.29) is 16.3 Å². The van der Waals surface area contributed by atoms with Crippen LogP contribution in [-0.2, 0) is 0 Å². The first-order chi connectivity index (χ1) is 8.54. The monoisotopic (exact) mass is 282 g/mol. The lowest BCUT2D eigenvalue weighted by Gasteiger charge is -2.00. The molecular weight excluding hydrogens is 279 g/mol. The predicted molar refractivity (Wildman–Crippen MR) is 63.6 cm³/mol. The van der Waals surface area contributed by atoms with E-state index < -0.39 is 11.7 Å². The minimum absolute atomic E-state index is 0.0107. The van der Waals surface area contributed by atoms with Crippen LogP contribution in [0.2, 0.25) is 10.0 Å². The van der Waals surface area contributed by atoms with Crippen molar-refractivity contribution in [2.45, 2.75) is 0 Å². The number of carboxylic acid groups (broad SMARTS) is 1. The molecular formula is C11H4Cl2N2O3. The highest BCUT2D eigenvalue weighted by Crippen LogP contribution is 2.33. The van der Waals surface area contributed by atoms with Gasteiger partial charge in [-0.15, -0.1) is 0 Å². The van der Waals surface area contributed by atoms with Crippen LogP contribution >= 0.6 is 23.2 Å². The van der Waals surface area contributed by atoms with E-state index in [0.29, 0.717) is 10.6 Å². The molecule has 0 atom stereocenters. The molecule has 2 rings (SSSR count). The van der Waals surface area contributed by atoms with Crippen LogP contribution in [0.4, 0.5) is 0 Å². The lowest BCUT2D eigenvalue weighted by molar-refractivity contribution is 0.0685. The number of nitrogens with zero attached hydrogens (tertiary/aromatic N) is 2. The second-order valence-electron chi connectivity index (χ2n) is 3.28. The average Bonchev–Trinajstić information content (AvgIpc) is 2.72. The summed E-state index contributed by atoms with van der Waals surface area (Å²) in [6.07, 6.45) is 0. The molecule has 0 fully saturated rings. The predicted octanol–water partition coefficient (Wildman–Crippen LogP) is 3.22. The molecule has 1 aromatic heterocycles. The number of carboxylic acids is 1. The molecule has 7 heteroatoms. The van der Waals surface area contributed by atoms with Crippen molar-refractivity contribution in [2.24, 2.45) is 0 Å². The number of halogens is 2. The minimum atomic E-state index is -1.34. The Balaban J connectivity index is 2.65. The van der Waals surface area contributed by atoms with Gasteiger partial charge in [0.2, 0.25) is 5.69 Å². The molecule has 0 aliphatic rings. The number of rotatable bonds is 2. The van der Waals surface area contributed by atoms with Crippen LogP contribution < -0.4 is 0 Å². The maximum absolute atomic E-state index is 10.8. The summed E-state index contributed by atoms with van der Waals surface area (Å²) < 4.78 is 4.87. The van der Waals surface area contributed by atoms with Crippen molar-refractivity contribution in [1.82, 2.24) is 5.16 Å². The van der Waals surface area contributed by atoms with Crippen LogP contribution in [0.25, 0.3) is 11.3 Å². The van der Waals surface area contributed by atoms with Gasteiger partial charge in [0.05, 0.1) is 5.02 Å². The largest absolute Gasteiger partial charge is 0.476 e. The topological polar surface area (TPSA) is 87.1 Å². The molecule has 0 bridgehead atoms. The number of aromatic nitrogens is 1. The Kier molecular flexibility index (Phi) is 3.24. The van der Waals surface area contributed by atoms with Crippen molar-refractivity contribution in [3.8, 4) is 17.4 Å². The van der Waals surface area contributed by atoms with Crippen LogP contribution in [0.15, 0.2) is 22.7 Å². The fraction of sp³-hybridized carbons (Fsp3) is 0. The summed E-state index contributed by atoms with van der Waals surface area (Å²) in [4.78, 5) is 10.8. The van der Waals surface area contributed by atoms with Crippen LogP contribution in [0.3, 0.4) is 0 Å². The Morgan fingerprint density at radius 1 is 1.44 bits per heavy atom. The van der Waals surface area contributed by atoms with Gasteiger partial charge in [-0.2, -0.15) is 5.26 Å². The van der Waals surface area contributed by atoms with Crippen molar-refractivity contribution >= 4 is 29.2 Å². The quantitative estimate of drug-likeness (QED) is 0.914. The lowest BCUT2D eigenvalue weighted by Crippen LogP contribution is -1.99. The summed E-state index contributed by atoms with van der Waals surface area (Å²) in [6.45, 7) is 0. The summed E-state index contributed by atoms with van der Waals surface area (Å²) in [5, 5.41) is 21.8. The molecule has 0 aliphatic carbocycles. The third-order valence-corrected chi connectivity index (χ3v) is 2.73. The highest BCUT2D eigenvalue weighted by molar-refractivity contribution is 6.36. The second kappa shape index (κ2) is 4.69. The van der Waals surface area contributed by atoms with Crippen LogP contribution in [0.1, 0.15) is 16.1 Å². The molecule has 0 aliphatic heterocycles. The fourth-order valence-corrected chi connectivity index (χ4v) is 1.89. The molecule has 0 radical (unpaired) electrons. The van der Waals surface area contributed by atoms with Gasteiger partial charge in [0.25, 0.3) is 0 Å². The van der Waals surface area contributed by atoms with Gasteiger partial charge in [0.1, 0.15) is 11.6 Å². The first-order valence-electron chi connectivity index (χ1n) is 4.63. The summed E-state index contributed by atoms with van der Waals surface area (Å²) >= 11 is 11.7. The third kappa shape index (κ3) is 2.04. The van der Waals surface area contributed by atoms with E-state index in [2.05, 4.69) is 5.16 Å². The zero-order chi connectivity index (χ0) is 13.3.